The molecule has 0 amide bonds. The molecule has 6 heteroatoms. The zero-order chi connectivity index (χ0) is 14.4. The normalized spacial score (nSPS) is 27.0. The van der Waals surface area contributed by atoms with Crippen LogP contribution in [-0.2, 0) is 0 Å². The van der Waals surface area contributed by atoms with E-state index >= 15 is 0 Å². The van der Waals surface area contributed by atoms with Crippen molar-refractivity contribution in [2.45, 2.75) is 38.3 Å². The first-order chi connectivity index (χ1) is 10.2. The van der Waals surface area contributed by atoms with Gasteiger partial charge < -0.3 is 10.6 Å². The van der Waals surface area contributed by atoms with E-state index in [2.05, 4.69) is 38.1 Å². The molecule has 0 saturated carbocycles. The van der Waals surface area contributed by atoms with Gasteiger partial charge in [0.05, 0.1) is 5.39 Å². The van der Waals surface area contributed by atoms with E-state index in [-0.39, 0.29) is 0 Å². The van der Waals surface area contributed by atoms with Crippen LogP contribution in [0.4, 0.5) is 11.8 Å². The summed E-state index contributed by atoms with van der Waals surface area (Å²) >= 11 is 1.64. The zero-order valence-electron chi connectivity index (χ0n) is 12.3. The molecule has 2 fully saturated rings. The number of thiophene rings is 1. The third kappa shape index (κ3) is 2.26. The molecule has 4 heterocycles. The SMILES string of the molecule is CC1CN2CCCCC2CN1c1nc(N)nc2sccc12. The van der Waals surface area contributed by atoms with Gasteiger partial charge in [0.15, 0.2) is 0 Å². The molecule has 0 bridgehead atoms. The van der Waals surface area contributed by atoms with Crippen molar-refractivity contribution < 1.29 is 0 Å². The predicted octanol–water partition coefficient (Wildman–Crippen LogP) is 2.34. The molecule has 2 atom stereocenters. The number of piperazine rings is 1. The van der Waals surface area contributed by atoms with Gasteiger partial charge in [0.2, 0.25) is 5.95 Å². The van der Waals surface area contributed by atoms with Gasteiger partial charge in [-0.3, -0.25) is 4.90 Å². The van der Waals surface area contributed by atoms with E-state index in [1.165, 1.54) is 25.8 Å². The third-order valence-corrected chi connectivity index (χ3v) is 5.59. The molecule has 112 valence electrons. The fourth-order valence-electron chi connectivity index (χ4n) is 3.72. The molecule has 0 spiro atoms. The zero-order valence-corrected chi connectivity index (χ0v) is 13.1. The average Bonchev–Trinajstić information content (AvgIpc) is 2.94. The minimum absolute atomic E-state index is 0.387. The summed E-state index contributed by atoms with van der Waals surface area (Å²) in [6, 6.07) is 3.26. The summed E-state index contributed by atoms with van der Waals surface area (Å²) < 4.78 is 0. The monoisotopic (exact) mass is 303 g/mol. The molecule has 2 aliphatic rings. The van der Waals surface area contributed by atoms with Gasteiger partial charge in [-0.1, -0.05) is 6.42 Å². The van der Waals surface area contributed by atoms with Crippen LogP contribution in [0.3, 0.4) is 0 Å². The Bertz CT molecular complexity index is 655. The predicted molar refractivity (Wildman–Crippen MR) is 87.8 cm³/mol. The Kier molecular flexibility index (Phi) is 3.23. The Balaban J connectivity index is 1.72. The molecule has 2 saturated heterocycles. The lowest BCUT2D eigenvalue weighted by atomic mass is 9.97. The Morgan fingerprint density at radius 1 is 1.29 bits per heavy atom. The molecule has 2 aromatic rings. The summed E-state index contributed by atoms with van der Waals surface area (Å²) in [7, 11) is 0. The van der Waals surface area contributed by atoms with Crippen LogP contribution in [0.25, 0.3) is 10.2 Å². The molecule has 0 aliphatic carbocycles. The first-order valence-electron chi connectivity index (χ1n) is 7.74. The lowest BCUT2D eigenvalue weighted by Gasteiger charge is -2.48. The lowest BCUT2D eigenvalue weighted by molar-refractivity contribution is 0.115. The number of piperidine rings is 1. The number of nitrogens with two attached hydrogens (primary N) is 1. The third-order valence-electron chi connectivity index (χ3n) is 4.78. The fourth-order valence-corrected chi connectivity index (χ4v) is 4.49. The van der Waals surface area contributed by atoms with E-state index in [0.29, 0.717) is 18.0 Å². The smallest absolute Gasteiger partial charge is 0.223 e. The second-order valence-electron chi connectivity index (χ2n) is 6.19. The number of aromatic nitrogens is 2. The number of nitrogen functional groups attached to an aromatic ring is 1. The van der Waals surface area contributed by atoms with Crippen LogP contribution < -0.4 is 10.6 Å². The van der Waals surface area contributed by atoms with E-state index in [1.54, 1.807) is 11.3 Å². The molecule has 2 unspecified atom stereocenters. The van der Waals surface area contributed by atoms with E-state index in [9.17, 15) is 0 Å². The Morgan fingerprint density at radius 3 is 3.10 bits per heavy atom. The van der Waals surface area contributed by atoms with Crippen LogP contribution in [0, 0.1) is 0 Å². The molecule has 2 aromatic heterocycles. The lowest BCUT2D eigenvalue weighted by Crippen LogP contribution is -2.59. The molecule has 5 nitrogen and oxygen atoms in total. The van der Waals surface area contributed by atoms with Gasteiger partial charge in [-0.05, 0) is 37.8 Å². The second kappa shape index (κ2) is 5.10. The quantitative estimate of drug-likeness (QED) is 0.876. The van der Waals surface area contributed by atoms with Crippen LogP contribution in [-0.4, -0.2) is 46.6 Å². The summed E-state index contributed by atoms with van der Waals surface area (Å²) in [6.07, 6.45) is 4.00. The Hall–Kier alpha value is -1.40. The maximum atomic E-state index is 5.92. The van der Waals surface area contributed by atoms with E-state index in [0.717, 1.165) is 29.1 Å². The van der Waals surface area contributed by atoms with Crippen LogP contribution in [0.1, 0.15) is 26.2 Å². The first kappa shape index (κ1) is 13.3. The number of rotatable bonds is 1. The number of anilines is 2. The number of nitrogens with zero attached hydrogens (tertiary/aromatic N) is 4. The van der Waals surface area contributed by atoms with E-state index in [1.807, 2.05) is 0 Å². The van der Waals surface area contributed by atoms with E-state index < -0.39 is 0 Å². The van der Waals surface area contributed by atoms with Crippen molar-refractivity contribution in [1.29, 1.82) is 0 Å². The van der Waals surface area contributed by atoms with Crippen LogP contribution in [0.15, 0.2) is 11.4 Å². The van der Waals surface area contributed by atoms with Gasteiger partial charge in [0.25, 0.3) is 0 Å². The highest BCUT2D eigenvalue weighted by atomic mass is 32.1. The summed E-state index contributed by atoms with van der Waals surface area (Å²) in [5.74, 6) is 1.41. The largest absolute Gasteiger partial charge is 0.368 e. The van der Waals surface area contributed by atoms with Crippen LogP contribution in [0.5, 0.6) is 0 Å². The molecular formula is C15H21N5S. The fraction of sp³-hybridized carbons (Fsp3) is 0.600. The highest BCUT2D eigenvalue weighted by Gasteiger charge is 2.34. The molecule has 2 aliphatic heterocycles. The molecule has 4 rings (SSSR count). The average molecular weight is 303 g/mol. The second-order valence-corrected chi connectivity index (χ2v) is 7.09. The van der Waals surface area contributed by atoms with Crippen molar-refractivity contribution in [2.24, 2.45) is 0 Å². The Morgan fingerprint density at radius 2 is 2.19 bits per heavy atom. The topological polar surface area (TPSA) is 58.3 Å². The van der Waals surface area contributed by atoms with E-state index in [4.69, 9.17) is 5.73 Å². The van der Waals surface area contributed by atoms with Gasteiger partial charge in [0, 0.05) is 25.2 Å². The Labute approximate surface area is 128 Å². The molecule has 0 radical (unpaired) electrons. The van der Waals surface area contributed by atoms with Crippen molar-refractivity contribution in [2.75, 3.05) is 30.3 Å². The minimum atomic E-state index is 0.387. The number of hydrogen-bond donors (Lipinski definition) is 1. The molecule has 21 heavy (non-hydrogen) atoms. The van der Waals surface area contributed by atoms with Crippen molar-refractivity contribution in [3.8, 4) is 0 Å². The summed E-state index contributed by atoms with van der Waals surface area (Å²) in [5.41, 5.74) is 5.92. The number of fused-ring (bicyclic) bond motifs is 2. The van der Waals surface area contributed by atoms with Gasteiger partial charge in [-0.2, -0.15) is 4.98 Å². The van der Waals surface area contributed by atoms with Crippen molar-refractivity contribution in [3.63, 3.8) is 0 Å². The van der Waals surface area contributed by atoms with Crippen molar-refractivity contribution >= 4 is 33.3 Å². The van der Waals surface area contributed by atoms with Gasteiger partial charge in [-0.25, -0.2) is 4.98 Å². The summed E-state index contributed by atoms with van der Waals surface area (Å²) in [4.78, 5) is 15.0. The molecule has 0 aromatic carbocycles. The highest BCUT2D eigenvalue weighted by molar-refractivity contribution is 7.16. The van der Waals surface area contributed by atoms with Crippen LogP contribution >= 0.6 is 11.3 Å². The standard InChI is InChI=1S/C15H21N5S/c1-10-8-19-6-3-2-4-11(19)9-20(10)13-12-5-7-21-14(12)18-15(16)17-13/h5,7,10-11H,2-4,6,8-9H2,1H3,(H2,16,17,18). The molecule has 2 N–H and O–H groups in total. The van der Waals surface area contributed by atoms with Crippen molar-refractivity contribution in [3.05, 3.63) is 11.4 Å². The minimum Gasteiger partial charge on any atom is -0.368 e. The van der Waals surface area contributed by atoms with Gasteiger partial charge in [-0.15, -0.1) is 11.3 Å². The summed E-state index contributed by atoms with van der Waals surface area (Å²) in [5, 5.41) is 3.22. The van der Waals surface area contributed by atoms with Gasteiger partial charge in [0.1, 0.15) is 10.6 Å². The molecular weight excluding hydrogens is 282 g/mol. The maximum Gasteiger partial charge on any atom is 0.223 e. The van der Waals surface area contributed by atoms with Crippen LogP contribution in [0.2, 0.25) is 0 Å². The maximum absolute atomic E-state index is 5.92. The first-order valence-corrected chi connectivity index (χ1v) is 8.62. The highest BCUT2D eigenvalue weighted by Crippen LogP contribution is 2.33. The summed E-state index contributed by atoms with van der Waals surface area (Å²) in [6.45, 7) is 5.73. The number of hydrogen-bond acceptors (Lipinski definition) is 6. The van der Waals surface area contributed by atoms with Crippen molar-refractivity contribution in [1.82, 2.24) is 14.9 Å². The van der Waals surface area contributed by atoms with Gasteiger partial charge >= 0.3 is 0 Å².